The van der Waals surface area contributed by atoms with Crippen LogP contribution in [0, 0.1) is 5.82 Å². The Labute approximate surface area is 109 Å². The normalized spacial score (nSPS) is 10.6. The van der Waals surface area contributed by atoms with E-state index in [9.17, 15) is 19.1 Å². The van der Waals surface area contributed by atoms with Crippen molar-refractivity contribution in [3.05, 3.63) is 54.9 Å². The highest BCUT2D eigenvalue weighted by Gasteiger charge is 2.15. The van der Waals surface area contributed by atoms with Crippen molar-refractivity contribution in [1.82, 2.24) is 9.55 Å². The van der Waals surface area contributed by atoms with Crippen LogP contribution in [-0.2, 0) is 0 Å². The molecule has 0 spiro atoms. The van der Waals surface area contributed by atoms with Crippen LogP contribution >= 0.6 is 23.2 Å². The van der Waals surface area contributed by atoms with Crippen molar-refractivity contribution in [2.45, 2.75) is 0 Å². The molecule has 0 aliphatic carbocycles. The van der Waals surface area contributed by atoms with E-state index in [1.165, 1.54) is 18.2 Å². The van der Waals surface area contributed by atoms with Gasteiger partial charge in [-0.1, -0.05) is 23.2 Å². The summed E-state index contributed by atoms with van der Waals surface area (Å²) in [6, 6.07) is 3.97. The number of hydrogen-bond acceptors (Lipinski definition) is 3. The van der Waals surface area contributed by atoms with Crippen molar-refractivity contribution in [1.29, 1.82) is 0 Å². The molecule has 1 aromatic carbocycles. The number of halogens is 3. The second-order valence-electron chi connectivity index (χ2n) is 3.36. The maximum atomic E-state index is 13.2. The molecule has 94 valence electrons. The van der Waals surface area contributed by atoms with Crippen LogP contribution in [-0.4, -0.2) is 14.7 Å². The van der Waals surface area contributed by atoms with Gasteiger partial charge in [-0.25, -0.2) is 9.36 Å². The van der Waals surface area contributed by atoms with Crippen LogP contribution in [0.5, 0.6) is 5.88 Å². The Morgan fingerprint density at radius 1 is 1.17 bits per heavy atom. The fraction of sp³-hybridized carbons (Fsp3) is 0. The monoisotopic (exact) mass is 290 g/mol. The molecule has 0 bridgehead atoms. The zero-order valence-electron chi connectivity index (χ0n) is 8.58. The fourth-order valence-corrected chi connectivity index (χ4v) is 1.93. The average molecular weight is 291 g/mol. The van der Waals surface area contributed by atoms with E-state index in [-0.39, 0.29) is 15.7 Å². The van der Waals surface area contributed by atoms with Crippen LogP contribution in [0.15, 0.2) is 27.8 Å². The molecular weight excluding hydrogens is 286 g/mol. The quantitative estimate of drug-likeness (QED) is 0.839. The molecule has 0 radical (unpaired) electrons. The minimum absolute atomic E-state index is 0.0325. The highest BCUT2D eigenvalue weighted by atomic mass is 35.5. The van der Waals surface area contributed by atoms with Crippen LogP contribution in [0.2, 0.25) is 10.0 Å². The van der Waals surface area contributed by atoms with Gasteiger partial charge in [-0.15, -0.1) is 0 Å². The first-order valence-corrected chi connectivity index (χ1v) is 5.36. The molecule has 2 aromatic rings. The van der Waals surface area contributed by atoms with Gasteiger partial charge in [-0.2, -0.15) is 4.39 Å². The van der Waals surface area contributed by atoms with Gasteiger partial charge in [-0.05, 0) is 18.2 Å². The van der Waals surface area contributed by atoms with E-state index in [1.807, 2.05) is 0 Å². The van der Waals surface area contributed by atoms with Crippen molar-refractivity contribution in [3.8, 4) is 11.6 Å². The minimum Gasteiger partial charge on any atom is -0.492 e. The SMILES string of the molecule is O=c1[nH]c(=O)n(-c2cc(Cl)cc(Cl)c2)c(O)c1F. The third-order valence-corrected chi connectivity index (χ3v) is 2.57. The van der Waals surface area contributed by atoms with Crippen LogP contribution in [0.3, 0.4) is 0 Å². The molecule has 0 unspecified atom stereocenters. The van der Waals surface area contributed by atoms with Gasteiger partial charge in [0.25, 0.3) is 5.56 Å². The number of nitrogens with one attached hydrogen (secondary N) is 1. The first-order chi connectivity index (χ1) is 8.40. The molecule has 1 heterocycles. The Morgan fingerprint density at radius 3 is 2.28 bits per heavy atom. The van der Waals surface area contributed by atoms with Gasteiger partial charge >= 0.3 is 5.69 Å². The van der Waals surface area contributed by atoms with Gasteiger partial charge in [0, 0.05) is 10.0 Å². The van der Waals surface area contributed by atoms with Crippen LogP contribution in [0.4, 0.5) is 4.39 Å². The summed E-state index contributed by atoms with van der Waals surface area (Å²) in [6.07, 6.45) is 0. The second-order valence-corrected chi connectivity index (χ2v) is 4.23. The smallest absolute Gasteiger partial charge is 0.335 e. The van der Waals surface area contributed by atoms with E-state index in [0.29, 0.717) is 4.57 Å². The Kier molecular flexibility index (Phi) is 3.14. The van der Waals surface area contributed by atoms with Gasteiger partial charge < -0.3 is 5.11 Å². The predicted molar refractivity (Wildman–Crippen MR) is 64.3 cm³/mol. The standard InChI is InChI=1S/C10H5Cl2FN2O3/c11-4-1-5(12)3-6(2-4)15-9(17)7(13)8(16)14-10(15)18/h1-3,17H,(H,14,16,18). The van der Waals surface area contributed by atoms with Crippen LogP contribution < -0.4 is 11.2 Å². The van der Waals surface area contributed by atoms with E-state index in [0.717, 1.165) is 0 Å². The molecule has 2 N–H and O–H groups in total. The number of hydrogen-bond donors (Lipinski definition) is 2. The lowest BCUT2D eigenvalue weighted by molar-refractivity contribution is 0.386. The van der Waals surface area contributed by atoms with E-state index >= 15 is 0 Å². The summed E-state index contributed by atoms with van der Waals surface area (Å²) in [5, 5.41) is 9.86. The number of aromatic nitrogens is 2. The number of nitrogens with zero attached hydrogens (tertiary/aromatic N) is 1. The van der Waals surface area contributed by atoms with Crippen LogP contribution in [0.1, 0.15) is 0 Å². The van der Waals surface area contributed by atoms with Crippen molar-refractivity contribution in [2.75, 3.05) is 0 Å². The first kappa shape index (κ1) is 12.7. The lowest BCUT2D eigenvalue weighted by Gasteiger charge is -2.08. The van der Waals surface area contributed by atoms with E-state index in [2.05, 4.69) is 0 Å². The molecule has 0 amide bonds. The number of rotatable bonds is 1. The molecule has 8 heteroatoms. The lowest BCUT2D eigenvalue weighted by Crippen LogP contribution is -2.30. The molecule has 0 saturated heterocycles. The highest BCUT2D eigenvalue weighted by molar-refractivity contribution is 6.34. The van der Waals surface area contributed by atoms with Gasteiger partial charge in [0.1, 0.15) is 0 Å². The van der Waals surface area contributed by atoms with Crippen LogP contribution in [0.25, 0.3) is 5.69 Å². The molecule has 0 saturated carbocycles. The molecule has 0 atom stereocenters. The Balaban J connectivity index is 2.83. The van der Waals surface area contributed by atoms with Crippen molar-refractivity contribution >= 4 is 23.2 Å². The summed E-state index contributed by atoms with van der Waals surface area (Å²) in [5.41, 5.74) is -2.27. The predicted octanol–water partition coefficient (Wildman–Crippen LogP) is 1.68. The van der Waals surface area contributed by atoms with E-state index < -0.39 is 22.9 Å². The summed E-state index contributed by atoms with van der Waals surface area (Å²) in [6.45, 7) is 0. The molecular formula is C10H5Cl2FN2O3. The van der Waals surface area contributed by atoms with Gasteiger partial charge in [0.15, 0.2) is 0 Å². The van der Waals surface area contributed by atoms with Gasteiger partial charge in [0.2, 0.25) is 11.7 Å². The van der Waals surface area contributed by atoms with Crippen molar-refractivity contribution in [2.24, 2.45) is 0 Å². The summed E-state index contributed by atoms with van der Waals surface area (Å²) in [7, 11) is 0. The minimum atomic E-state index is -1.47. The third-order valence-electron chi connectivity index (χ3n) is 2.14. The zero-order valence-corrected chi connectivity index (χ0v) is 10.1. The second kappa shape index (κ2) is 4.47. The molecule has 0 aliphatic heterocycles. The fourth-order valence-electron chi connectivity index (χ4n) is 1.41. The summed E-state index contributed by atoms with van der Waals surface area (Å²) < 4.78 is 13.8. The molecule has 18 heavy (non-hydrogen) atoms. The molecule has 0 fully saturated rings. The van der Waals surface area contributed by atoms with Gasteiger partial charge in [-0.3, -0.25) is 9.78 Å². The molecule has 5 nitrogen and oxygen atoms in total. The number of aromatic amines is 1. The molecule has 2 rings (SSSR count). The summed E-state index contributed by atoms with van der Waals surface area (Å²) in [4.78, 5) is 24.2. The largest absolute Gasteiger partial charge is 0.492 e. The number of H-pyrrole nitrogens is 1. The average Bonchev–Trinajstić information content (AvgIpc) is 2.24. The van der Waals surface area contributed by atoms with Crippen molar-refractivity contribution in [3.63, 3.8) is 0 Å². The maximum absolute atomic E-state index is 13.2. The summed E-state index contributed by atoms with van der Waals surface area (Å²) >= 11 is 11.5. The molecule has 1 aromatic heterocycles. The van der Waals surface area contributed by atoms with E-state index in [1.54, 1.807) is 4.98 Å². The Hall–Kier alpha value is -1.79. The molecule has 0 aliphatic rings. The first-order valence-electron chi connectivity index (χ1n) is 4.60. The Bertz CT molecular complexity index is 719. The topological polar surface area (TPSA) is 75.1 Å². The summed E-state index contributed by atoms with van der Waals surface area (Å²) in [5.74, 6) is -2.58. The maximum Gasteiger partial charge on any atom is 0.335 e. The lowest BCUT2D eigenvalue weighted by atomic mass is 10.3. The van der Waals surface area contributed by atoms with Gasteiger partial charge in [0.05, 0.1) is 5.69 Å². The highest BCUT2D eigenvalue weighted by Crippen LogP contribution is 2.23. The zero-order chi connectivity index (χ0) is 13.4. The number of benzene rings is 1. The van der Waals surface area contributed by atoms with Crippen molar-refractivity contribution < 1.29 is 9.50 Å². The van der Waals surface area contributed by atoms with E-state index in [4.69, 9.17) is 23.2 Å². The Morgan fingerprint density at radius 2 is 1.72 bits per heavy atom. The third kappa shape index (κ3) is 2.12. The number of aromatic hydroxyl groups is 1.